The highest BCUT2D eigenvalue weighted by molar-refractivity contribution is 6.21. The van der Waals surface area contributed by atoms with Crippen molar-refractivity contribution in [2.24, 2.45) is 0 Å². The Hall–Kier alpha value is -3.15. The molecule has 0 unspecified atom stereocenters. The van der Waals surface area contributed by atoms with E-state index < -0.39 is 23.8 Å². The van der Waals surface area contributed by atoms with Gasteiger partial charge in [0.2, 0.25) is 0 Å². The molecule has 0 radical (unpaired) electrons. The van der Waals surface area contributed by atoms with Gasteiger partial charge in [0.1, 0.15) is 5.75 Å². The number of hydrogen-bond donors (Lipinski definition) is 1. The summed E-state index contributed by atoms with van der Waals surface area (Å²) >= 11 is 0. The van der Waals surface area contributed by atoms with Gasteiger partial charge < -0.3 is 9.84 Å². The number of hydrogen-bond acceptors (Lipinski definition) is 4. The van der Waals surface area contributed by atoms with Crippen molar-refractivity contribution in [3.8, 4) is 5.75 Å². The Bertz CT molecular complexity index is 880. The largest absolute Gasteiger partial charge is 0.490 e. The highest BCUT2D eigenvalue weighted by atomic mass is 16.5. The van der Waals surface area contributed by atoms with Crippen LogP contribution in [0, 0.1) is 0 Å². The van der Waals surface area contributed by atoms with E-state index in [0.29, 0.717) is 22.4 Å². The van der Waals surface area contributed by atoms with Crippen LogP contribution in [0.2, 0.25) is 0 Å². The maximum atomic E-state index is 12.8. The van der Waals surface area contributed by atoms with Gasteiger partial charge in [0.15, 0.2) is 0 Å². The summed E-state index contributed by atoms with van der Waals surface area (Å²) in [4.78, 5) is 38.1. The molecule has 1 heterocycles. The highest BCUT2D eigenvalue weighted by Gasteiger charge is 2.41. The molecule has 2 aliphatic rings. The molecule has 0 saturated heterocycles. The minimum absolute atomic E-state index is 0.219. The Labute approximate surface area is 162 Å². The van der Waals surface area contributed by atoms with Crippen LogP contribution in [-0.2, 0) is 4.79 Å². The van der Waals surface area contributed by atoms with Crippen LogP contribution in [0.4, 0.5) is 0 Å². The van der Waals surface area contributed by atoms with Crippen molar-refractivity contribution < 1.29 is 24.2 Å². The third-order valence-electron chi connectivity index (χ3n) is 5.37. The number of carboxylic acid groups (broad SMARTS) is 1. The summed E-state index contributed by atoms with van der Waals surface area (Å²) in [6.07, 6.45) is 4.29. The molecule has 2 aromatic carbocycles. The van der Waals surface area contributed by atoms with Gasteiger partial charge in [-0.2, -0.15) is 0 Å². The second kappa shape index (κ2) is 7.46. The molecule has 4 rings (SSSR count). The number of imide groups is 1. The first-order valence-electron chi connectivity index (χ1n) is 9.50. The lowest BCUT2D eigenvalue weighted by Crippen LogP contribution is -2.35. The number of amides is 2. The summed E-state index contributed by atoms with van der Waals surface area (Å²) in [7, 11) is 0. The number of ether oxygens (including phenoxy) is 1. The fourth-order valence-electron chi connectivity index (χ4n) is 3.98. The number of carbonyl (C=O) groups is 3. The summed E-state index contributed by atoms with van der Waals surface area (Å²) < 4.78 is 5.95. The van der Waals surface area contributed by atoms with Crippen molar-refractivity contribution >= 4 is 17.8 Å². The molecule has 1 fully saturated rings. The summed E-state index contributed by atoms with van der Waals surface area (Å²) in [5, 5.41) is 9.37. The van der Waals surface area contributed by atoms with Crippen molar-refractivity contribution in [2.75, 3.05) is 0 Å². The average Bonchev–Trinajstić information content (AvgIpc) is 3.28. The van der Waals surface area contributed by atoms with E-state index in [9.17, 15) is 19.5 Å². The zero-order chi connectivity index (χ0) is 19.7. The first kappa shape index (κ1) is 18.2. The van der Waals surface area contributed by atoms with Crippen LogP contribution >= 0.6 is 0 Å². The third-order valence-corrected chi connectivity index (χ3v) is 5.37. The molecule has 0 bridgehead atoms. The molecule has 0 aromatic heterocycles. The lowest BCUT2D eigenvalue weighted by Gasteiger charge is -2.25. The SMILES string of the molecule is O=C(O)C[C@H](c1ccc(OC2CCCC2)cc1)N1C(=O)c2ccccc2C1=O. The van der Waals surface area contributed by atoms with Crippen LogP contribution < -0.4 is 4.74 Å². The van der Waals surface area contributed by atoms with E-state index in [0.717, 1.165) is 17.7 Å². The number of aliphatic carboxylic acids is 1. The van der Waals surface area contributed by atoms with E-state index in [-0.39, 0.29) is 12.5 Å². The van der Waals surface area contributed by atoms with Gasteiger partial charge in [-0.1, -0.05) is 24.3 Å². The minimum Gasteiger partial charge on any atom is -0.490 e. The molecule has 28 heavy (non-hydrogen) atoms. The number of carbonyl (C=O) groups excluding carboxylic acids is 2. The highest BCUT2D eigenvalue weighted by Crippen LogP contribution is 2.34. The second-order valence-corrected chi connectivity index (χ2v) is 7.23. The van der Waals surface area contributed by atoms with Gasteiger partial charge >= 0.3 is 5.97 Å². The van der Waals surface area contributed by atoms with E-state index in [1.807, 2.05) is 0 Å². The van der Waals surface area contributed by atoms with Crippen molar-refractivity contribution in [1.82, 2.24) is 4.90 Å². The van der Waals surface area contributed by atoms with Crippen molar-refractivity contribution in [3.63, 3.8) is 0 Å². The minimum atomic E-state index is -1.08. The van der Waals surface area contributed by atoms with Crippen LogP contribution in [-0.4, -0.2) is 33.9 Å². The molecule has 1 aliphatic carbocycles. The lowest BCUT2D eigenvalue weighted by molar-refractivity contribution is -0.138. The first-order chi connectivity index (χ1) is 13.5. The molecule has 2 amide bonds. The summed E-state index contributed by atoms with van der Waals surface area (Å²) in [6, 6.07) is 12.7. The fourth-order valence-corrected chi connectivity index (χ4v) is 3.98. The van der Waals surface area contributed by atoms with Gasteiger partial charge in [0, 0.05) is 0 Å². The molecular weight excluding hydrogens is 358 g/mol. The quantitative estimate of drug-likeness (QED) is 0.772. The maximum absolute atomic E-state index is 12.8. The summed E-state index contributed by atoms with van der Waals surface area (Å²) in [5.41, 5.74) is 1.21. The Morgan fingerprint density at radius 2 is 1.57 bits per heavy atom. The van der Waals surface area contributed by atoms with E-state index >= 15 is 0 Å². The molecule has 6 nitrogen and oxygen atoms in total. The second-order valence-electron chi connectivity index (χ2n) is 7.23. The number of carboxylic acids is 1. The van der Waals surface area contributed by atoms with Crippen LogP contribution in [0.1, 0.15) is 64.4 Å². The molecule has 1 atom stereocenters. The zero-order valence-corrected chi connectivity index (χ0v) is 15.3. The Morgan fingerprint density at radius 3 is 2.11 bits per heavy atom. The smallest absolute Gasteiger partial charge is 0.305 e. The number of benzene rings is 2. The molecule has 0 spiro atoms. The molecule has 1 N–H and O–H groups in total. The molecule has 144 valence electrons. The van der Waals surface area contributed by atoms with Crippen LogP contribution in [0.5, 0.6) is 5.75 Å². The zero-order valence-electron chi connectivity index (χ0n) is 15.3. The molecule has 6 heteroatoms. The Balaban J connectivity index is 1.61. The van der Waals surface area contributed by atoms with Crippen molar-refractivity contribution in [2.45, 2.75) is 44.2 Å². The van der Waals surface area contributed by atoms with Gasteiger partial charge in [-0.05, 0) is 55.5 Å². The first-order valence-corrected chi connectivity index (χ1v) is 9.50. The average molecular weight is 379 g/mol. The van der Waals surface area contributed by atoms with E-state index in [4.69, 9.17) is 4.74 Å². The number of nitrogens with zero attached hydrogens (tertiary/aromatic N) is 1. The van der Waals surface area contributed by atoms with Crippen molar-refractivity contribution in [3.05, 3.63) is 65.2 Å². The van der Waals surface area contributed by atoms with Gasteiger partial charge in [-0.25, -0.2) is 0 Å². The number of fused-ring (bicyclic) bond motifs is 1. The Kier molecular flexibility index (Phi) is 4.86. The normalized spacial score (nSPS) is 17.6. The summed E-state index contributed by atoms with van der Waals surface area (Å²) in [5.74, 6) is -1.28. The monoisotopic (exact) mass is 379 g/mol. The van der Waals surface area contributed by atoms with Crippen LogP contribution in [0.3, 0.4) is 0 Å². The summed E-state index contributed by atoms with van der Waals surface area (Å²) in [6.45, 7) is 0. The van der Waals surface area contributed by atoms with Gasteiger partial charge in [0.05, 0.1) is 29.7 Å². The number of rotatable bonds is 6. The van der Waals surface area contributed by atoms with Gasteiger partial charge in [0.25, 0.3) is 11.8 Å². The third kappa shape index (κ3) is 3.38. The van der Waals surface area contributed by atoms with E-state index in [1.165, 1.54) is 12.8 Å². The lowest BCUT2D eigenvalue weighted by atomic mass is 10.0. The van der Waals surface area contributed by atoms with Gasteiger partial charge in [-0.15, -0.1) is 0 Å². The molecule has 1 aliphatic heterocycles. The predicted octanol–water partition coefficient (Wildman–Crippen LogP) is 3.82. The van der Waals surface area contributed by atoms with E-state index in [2.05, 4.69) is 0 Å². The fraction of sp³-hybridized carbons (Fsp3) is 0.318. The van der Waals surface area contributed by atoms with Gasteiger partial charge in [-0.3, -0.25) is 19.3 Å². The standard InChI is InChI=1S/C22H21NO5/c24-20(25)13-19(23-21(26)17-7-3-4-8-18(17)22(23)27)14-9-11-16(12-10-14)28-15-5-1-2-6-15/h3-4,7-12,15,19H,1-2,5-6,13H2,(H,24,25)/t19-/m1/s1. The van der Waals surface area contributed by atoms with Crippen LogP contribution in [0.25, 0.3) is 0 Å². The van der Waals surface area contributed by atoms with E-state index in [1.54, 1.807) is 48.5 Å². The van der Waals surface area contributed by atoms with Crippen LogP contribution in [0.15, 0.2) is 48.5 Å². The topological polar surface area (TPSA) is 83.9 Å². The molecule has 1 saturated carbocycles. The maximum Gasteiger partial charge on any atom is 0.305 e. The predicted molar refractivity (Wildman–Crippen MR) is 101 cm³/mol. The Morgan fingerprint density at radius 1 is 1.00 bits per heavy atom. The molecule has 2 aromatic rings. The molecular formula is C22H21NO5. The van der Waals surface area contributed by atoms with Crippen molar-refractivity contribution in [1.29, 1.82) is 0 Å².